The summed E-state index contributed by atoms with van der Waals surface area (Å²) in [4.78, 5) is 0. The van der Waals surface area contributed by atoms with Gasteiger partial charge in [-0.2, -0.15) is 13.2 Å². The Morgan fingerprint density at radius 2 is 1.91 bits per heavy atom. The highest BCUT2D eigenvalue weighted by Gasteiger charge is 2.37. The summed E-state index contributed by atoms with van der Waals surface area (Å²) in [6.07, 6.45) is -1.38. The van der Waals surface area contributed by atoms with E-state index >= 15 is 0 Å². The van der Waals surface area contributed by atoms with E-state index in [4.69, 9.17) is 10.5 Å². The lowest BCUT2D eigenvalue weighted by molar-refractivity contribution is -0.149. The lowest BCUT2D eigenvalue weighted by atomic mass is 10.0. The maximum atomic E-state index is 12.8. The third kappa shape index (κ3) is 3.91. The molecule has 2 rings (SSSR count). The molecule has 0 bridgehead atoms. The molecule has 0 aliphatic rings. The highest BCUT2D eigenvalue weighted by atomic mass is 19.4. The van der Waals surface area contributed by atoms with Gasteiger partial charge in [-0.05, 0) is 29.5 Å². The van der Waals surface area contributed by atoms with Gasteiger partial charge in [-0.3, -0.25) is 0 Å². The molecule has 2 aromatic carbocycles. The molecule has 2 aromatic rings. The highest BCUT2D eigenvalue weighted by molar-refractivity contribution is 5.89. The molecule has 0 aliphatic carbocycles. The topological polar surface area (TPSA) is 35.2 Å². The first-order chi connectivity index (χ1) is 10.4. The predicted molar refractivity (Wildman–Crippen MR) is 82.0 cm³/mol. The third-order valence-corrected chi connectivity index (χ3v) is 3.58. The van der Waals surface area contributed by atoms with Gasteiger partial charge in [0, 0.05) is 5.39 Å². The number of unbranched alkanes of at least 4 members (excludes halogenated alkanes) is 2. The monoisotopic (exact) mass is 311 g/mol. The van der Waals surface area contributed by atoms with Crippen LogP contribution >= 0.6 is 0 Å². The van der Waals surface area contributed by atoms with Crippen molar-refractivity contribution in [3.05, 3.63) is 42.0 Å². The van der Waals surface area contributed by atoms with Crippen LogP contribution in [-0.4, -0.2) is 12.8 Å². The molecule has 1 atom stereocenters. The summed E-state index contributed by atoms with van der Waals surface area (Å²) in [5, 5.41) is 1.50. The number of benzene rings is 2. The van der Waals surface area contributed by atoms with Crippen molar-refractivity contribution in [1.29, 1.82) is 0 Å². The van der Waals surface area contributed by atoms with E-state index in [0.717, 1.165) is 24.6 Å². The Bertz CT molecular complexity index is 625. The summed E-state index contributed by atoms with van der Waals surface area (Å²) in [6.45, 7) is 2.66. The van der Waals surface area contributed by atoms with Crippen molar-refractivity contribution in [3.63, 3.8) is 0 Å². The van der Waals surface area contributed by atoms with Crippen LogP contribution in [0.25, 0.3) is 10.8 Å². The zero-order chi connectivity index (χ0) is 16.2. The fraction of sp³-hybridized carbons (Fsp3) is 0.412. The molecule has 0 spiro atoms. The molecule has 0 radical (unpaired) electrons. The smallest absolute Gasteiger partial charge is 0.407 e. The highest BCUT2D eigenvalue weighted by Crippen LogP contribution is 2.34. The number of halogens is 3. The molecule has 2 nitrogen and oxygen atoms in total. The van der Waals surface area contributed by atoms with Crippen molar-refractivity contribution in [2.75, 3.05) is 6.61 Å². The number of hydrogen-bond donors (Lipinski definition) is 1. The van der Waals surface area contributed by atoms with Gasteiger partial charge in [0.25, 0.3) is 0 Å². The molecular formula is C17H20F3NO. The Labute approximate surface area is 128 Å². The van der Waals surface area contributed by atoms with Crippen LogP contribution in [0.2, 0.25) is 0 Å². The van der Waals surface area contributed by atoms with Gasteiger partial charge in [-0.1, -0.05) is 44.0 Å². The van der Waals surface area contributed by atoms with Crippen LogP contribution in [0.4, 0.5) is 13.2 Å². The van der Waals surface area contributed by atoms with Gasteiger partial charge in [0.2, 0.25) is 0 Å². The molecule has 0 saturated carbocycles. The third-order valence-electron chi connectivity index (χ3n) is 3.58. The summed E-state index contributed by atoms with van der Waals surface area (Å²) < 4.78 is 44.0. The van der Waals surface area contributed by atoms with Crippen LogP contribution in [0.5, 0.6) is 5.75 Å². The normalized spacial score (nSPS) is 13.3. The van der Waals surface area contributed by atoms with Gasteiger partial charge < -0.3 is 10.5 Å². The molecule has 2 N–H and O–H groups in total. The fourth-order valence-electron chi connectivity index (χ4n) is 2.30. The minimum atomic E-state index is -4.45. The van der Waals surface area contributed by atoms with Gasteiger partial charge in [-0.25, -0.2) is 0 Å². The van der Waals surface area contributed by atoms with Crippen molar-refractivity contribution in [2.45, 2.75) is 38.4 Å². The first-order valence-electron chi connectivity index (χ1n) is 7.41. The lowest BCUT2D eigenvalue weighted by Crippen LogP contribution is -2.28. The van der Waals surface area contributed by atoms with Crippen molar-refractivity contribution in [3.8, 4) is 5.75 Å². The van der Waals surface area contributed by atoms with Crippen LogP contribution in [0.15, 0.2) is 36.4 Å². The molecule has 22 heavy (non-hydrogen) atoms. The summed E-state index contributed by atoms with van der Waals surface area (Å²) in [7, 11) is 0. The van der Waals surface area contributed by atoms with Crippen LogP contribution < -0.4 is 10.5 Å². The average Bonchev–Trinajstić information content (AvgIpc) is 2.49. The van der Waals surface area contributed by atoms with Gasteiger partial charge in [0.15, 0.2) is 0 Å². The lowest BCUT2D eigenvalue weighted by Gasteiger charge is -2.17. The Kier molecular flexibility index (Phi) is 5.29. The van der Waals surface area contributed by atoms with Crippen LogP contribution in [0.1, 0.15) is 37.8 Å². The van der Waals surface area contributed by atoms with E-state index in [1.54, 1.807) is 12.1 Å². The molecule has 0 heterocycles. The predicted octanol–water partition coefficient (Wildman–Crippen LogP) is 4.97. The number of alkyl halides is 3. The second-order valence-electron chi connectivity index (χ2n) is 5.31. The zero-order valence-electron chi connectivity index (χ0n) is 12.5. The first kappa shape index (κ1) is 16.6. The van der Waals surface area contributed by atoms with E-state index < -0.39 is 12.2 Å². The minimum absolute atomic E-state index is 0.0459. The Morgan fingerprint density at radius 1 is 1.14 bits per heavy atom. The van der Waals surface area contributed by atoms with Crippen molar-refractivity contribution in [2.24, 2.45) is 5.73 Å². The van der Waals surface area contributed by atoms with Gasteiger partial charge in [0.1, 0.15) is 11.8 Å². The average molecular weight is 311 g/mol. The fourth-order valence-corrected chi connectivity index (χ4v) is 2.30. The van der Waals surface area contributed by atoms with E-state index in [2.05, 4.69) is 6.92 Å². The summed E-state index contributed by atoms with van der Waals surface area (Å²) in [5.74, 6) is 0.602. The standard InChI is InChI=1S/C17H20F3NO/c1-2-3-4-10-22-15-7-5-6-12-8-9-13(11-14(12)15)16(21)17(18,19)20/h5-9,11,16H,2-4,10,21H2,1H3/t16-/m0/s1. The molecule has 5 heteroatoms. The maximum absolute atomic E-state index is 12.8. The Balaban J connectivity index is 2.29. The SMILES string of the molecule is CCCCCOc1cccc2ccc([C@H](N)C(F)(F)F)cc12. The Hall–Kier alpha value is -1.75. The van der Waals surface area contributed by atoms with Crippen molar-refractivity contribution >= 4 is 10.8 Å². The number of ether oxygens (including phenoxy) is 1. The molecule has 0 aliphatic heterocycles. The Morgan fingerprint density at radius 3 is 2.59 bits per heavy atom. The van der Waals surface area contributed by atoms with E-state index in [-0.39, 0.29) is 5.56 Å². The van der Waals surface area contributed by atoms with E-state index in [0.29, 0.717) is 17.7 Å². The first-order valence-corrected chi connectivity index (χ1v) is 7.41. The van der Waals surface area contributed by atoms with Crippen LogP contribution in [0, 0.1) is 0 Å². The maximum Gasteiger partial charge on any atom is 0.407 e. The summed E-state index contributed by atoms with van der Waals surface area (Å²) >= 11 is 0. The second-order valence-corrected chi connectivity index (χ2v) is 5.31. The van der Waals surface area contributed by atoms with Gasteiger partial charge >= 0.3 is 6.18 Å². The molecule has 0 saturated heterocycles. The van der Waals surface area contributed by atoms with E-state index in [9.17, 15) is 13.2 Å². The van der Waals surface area contributed by atoms with E-state index in [1.807, 2.05) is 12.1 Å². The number of rotatable bonds is 6. The minimum Gasteiger partial charge on any atom is -0.493 e. The van der Waals surface area contributed by atoms with Crippen molar-refractivity contribution < 1.29 is 17.9 Å². The number of fused-ring (bicyclic) bond motifs is 1. The number of nitrogens with two attached hydrogens (primary N) is 1. The molecule has 0 unspecified atom stereocenters. The second kappa shape index (κ2) is 7.01. The summed E-state index contributed by atoms with van der Waals surface area (Å²) in [5.41, 5.74) is 5.33. The largest absolute Gasteiger partial charge is 0.493 e. The van der Waals surface area contributed by atoms with Gasteiger partial charge in [-0.15, -0.1) is 0 Å². The molecule has 0 amide bonds. The quantitative estimate of drug-likeness (QED) is 0.764. The summed E-state index contributed by atoms with van der Waals surface area (Å²) in [6, 6.07) is 8.01. The number of hydrogen-bond acceptors (Lipinski definition) is 2. The molecule has 0 fully saturated rings. The van der Waals surface area contributed by atoms with E-state index in [1.165, 1.54) is 12.1 Å². The van der Waals surface area contributed by atoms with Gasteiger partial charge in [0.05, 0.1) is 6.61 Å². The van der Waals surface area contributed by atoms with Crippen LogP contribution in [0.3, 0.4) is 0 Å². The molecular weight excluding hydrogens is 291 g/mol. The van der Waals surface area contributed by atoms with Crippen LogP contribution in [-0.2, 0) is 0 Å². The molecule has 0 aromatic heterocycles. The molecule has 120 valence electrons. The van der Waals surface area contributed by atoms with Crippen molar-refractivity contribution in [1.82, 2.24) is 0 Å². The zero-order valence-corrected chi connectivity index (χ0v) is 12.5.